The molecule has 0 unspecified atom stereocenters. The van der Waals surface area contributed by atoms with Gasteiger partial charge >= 0.3 is 5.97 Å². The summed E-state index contributed by atoms with van der Waals surface area (Å²) in [5.74, 6) is -0.910. The topological polar surface area (TPSA) is 68.2 Å². The van der Waals surface area contributed by atoms with Crippen LogP contribution in [0.3, 0.4) is 0 Å². The lowest BCUT2D eigenvalue weighted by molar-refractivity contribution is -0.159. The lowest BCUT2D eigenvalue weighted by Gasteiger charge is -2.34. The molecule has 3 rings (SSSR count). The molecule has 1 saturated heterocycles. The monoisotopic (exact) mass is 348 g/mol. The van der Waals surface area contributed by atoms with E-state index in [1.54, 1.807) is 17.0 Å². The van der Waals surface area contributed by atoms with E-state index in [0.29, 0.717) is 25.8 Å². The molecule has 1 aromatic rings. The first kappa shape index (κ1) is 17.4. The average molecular weight is 348 g/mol. The molecular weight excluding hydrogens is 327 g/mol. The molecule has 2 atom stereocenters. The maximum Gasteiger partial charge on any atom is 0.328 e. The summed E-state index contributed by atoms with van der Waals surface area (Å²) < 4.78 is 17.8. The van der Waals surface area contributed by atoms with Gasteiger partial charge in [0.15, 0.2) is 0 Å². The van der Waals surface area contributed by atoms with Gasteiger partial charge in [0.2, 0.25) is 6.10 Å². The summed E-state index contributed by atoms with van der Waals surface area (Å²) in [5.41, 5.74) is 1.64. The molecule has 25 heavy (non-hydrogen) atoms. The van der Waals surface area contributed by atoms with Crippen LogP contribution in [0.5, 0.6) is 0 Å². The van der Waals surface area contributed by atoms with Gasteiger partial charge < -0.3 is 14.5 Å². The van der Waals surface area contributed by atoms with Crippen LogP contribution >= 0.6 is 0 Å². The van der Waals surface area contributed by atoms with Crippen molar-refractivity contribution in [2.75, 3.05) is 13.7 Å². The summed E-state index contributed by atoms with van der Waals surface area (Å²) >= 11 is 0. The van der Waals surface area contributed by atoms with Crippen LogP contribution < -0.4 is 0 Å². The summed E-state index contributed by atoms with van der Waals surface area (Å²) in [6.07, 6.45) is 2.52. The highest BCUT2D eigenvalue weighted by Gasteiger charge is 2.39. The van der Waals surface area contributed by atoms with Crippen LogP contribution in [0.4, 0.5) is 4.39 Å². The molecular formula is C18H21FN2O4. The zero-order valence-corrected chi connectivity index (χ0v) is 14.1. The molecule has 1 aromatic carbocycles. The number of halogens is 1. The van der Waals surface area contributed by atoms with Crippen LogP contribution in [0, 0.1) is 5.82 Å². The first-order chi connectivity index (χ1) is 12.1. The molecule has 2 heterocycles. The summed E-state index contributed by atoms with van der Waals surface area (Å²) in [5, 5.41) is 4.00. The summed E-state index contributed by atoms with van der Waals surface area (Å²) in [4.78, 5) is 31.5. The van der Waals surface area contributed by atoms with E-state index in [1.807, 2.05) is 0 Å². The maximum atomic E-state index is 13.0. The van der Waals surface area contributed by atoms with Crippen LogP contribution in [0.2, 0.25) is 0 Å². The van der Waals surface area contributed by atoms with Gasteiger partial charge in [-0.05, 0) is 37.0 Å². The first-order valence-corrected chi connectivity index (χ1v) is 8.43. The summed E-state index contributed by atoms with van der Waals surface area (Å²) in [7, 11) is 1.33. The number of piperidine rings is 1. The second-order valence-corrected chi connectivity index (χ2v) is 6.33. The number of esters is 1. The van der Waals surface area contributed by atoms with E-state index in [0.717, 1.165) is 24.1 Å². The number of hydrogen-bond donors (Lipinski definition) is 0. The van der Waals surface area contributed by atoms with Crippen LogP contribution in [0.15, 0.2) is 29.4 Å². The third kappa shape index (κ3) is 3.97. The molecule has 134 valence electrons. The van der Waals surface area contributed by atoms with Gasteiger partial charge in [0.25, 0.3) is 5.91 Å². The Morgan fingerprint density at radius 2 is 2.08 bits per heavy atom. The second kappa shape index (κ2) is 7.63. The SMILES string of the molecule is COC(=O)[C@@H]1CCCCN1C(=O)[C@@H]1CC(Cc2ccc(F)cc2)=NO1. The number of carbonyl (C=O) groups excluding carboxylic acids is 2. The van der Waals surface area contributed by atoms with Gasteiger partial charge in [-0.3, -0.25) is 4.79 Å². The largest absolute Gasteiger partial charge is 0.467 e. The zero-order chi connectivity index (χ0) is 17.8. The Balaban J connectivity index is 1.60. The van der Waals surface area contributed by atoms with Crippen molar-refractivity contribution in [3.05, 3.63) is 35.6 Å². The lowest BCUT2D eigenvalue weighted by Crippen LogP contribution is -2.51. The van der Waals surface area contributed by atoms with Gasteiger partial charge in [0.1, 0.15) is 11.9 Å². The number of ether oxygens (including phenoxy) is 1. The molecule has 6 nitrogen and oxygen atoms in total. The fraction of sp³-hybridized carbons (Fsp3) is 0.500. The molecule has 0 radical (unpaired) electrons. The maximum absolute atomic E-state index is 13.0. The highest BCUT2D eigenvalue weighted by molar-refractivity contribution is 5.95. The van der Waals surface area contributed by atoms with Crippen molar-refractivity contribution in [2.45, 2.75) is 44.2 Å². The van der Waals surface area contributed by atoms with E-state index < -0.39 is 18.1 Å². The average Bonchev–Trinajstić information content (AvgIpc) is 3.11. The van der Waals surface area contributed by atoms with Crippen molar-refractivity contribution < 1.29 is 23.6 Å². The van der Waals surface area contributed by atoms with E-state index in [9.17, 15) is 14.0 Å². The third-order valence-electron chi connectivity index (χ3n) is 4.59. The Hall–Kier alpha value is -2.44. The normalized spacial score (nSPS) is 23.0. The second-order valence-electron chi connectivity index (χ2n) is 6.33. The predicted octanol–water partition coefficient (Wildman–Crippen LogP) is 2.07. The van der Waals surface area contributed by atoms with Gasteiger partial charge in [-0.1, -0.05) is 17.3 Å². The number of benzene rings is 1. The highest BCUT2D eigenvalue weighted by atomic mass is 19.1. The van der Waals surface area contributed by atoms with E-state index in [4.69, 9.17) is 9.57 Å². The number of amides is 1. The van der Waals surface area contributed by atoms with Gasteiger partial charge in [0, 0.05) is 19.4 Å². The van der Waals surface area contributed by atoms with Crippen LogP contribution in [-0.2, 0) is 25.6 Å². The Labute approximate surface area is 145 Å². The van der Waals surface area contributed by atoms with Crippen LogP contribution in [0.1, 0.15) is 31.2 Å². The molecule has 0 aliphatic carbocycles. The Morgan fingerprint density at radius 1 is 1.32 bits per heavy atom. The fourth-order valence-corrected chi connectivity index (χ4v) is 3.26. The molecule has 0 saturated carbocycles. The van der Waals surface area contributed by atoms with Crippen molar-refractivity contribution in [3.8, 4) is 0 Å². The van der Waals surface area contributed by atoms with Gasteiger partial charge in [0.05, 0.1) is 12.8 Å². The van der Waals surface area contributed by atoms with Crippen LogP contribution in [-0.4, -0.2) is 48.3 Å². The van der Waals surface area contributed by atoms with Crippen LogP contribution in [0.25, 0.3) is 0 Å². The molecule has 0 spiro atoms. The smallest absolute Gasteiger partial charge is 0.328 e. The molecule has 1 fully saturated rings. The van der Waals surface area contributed by atoms with Crippen molar-refractivity contribution >= 4 is 17.6 Å². The van der Waals surface area contributed by atoms with Gasteiger partial charge in [-0.15, -0.1) is 0 Å². The zero-order valence-electron chi connectivity index (χ0n) is 14.1. The Bertz CT molecular complexity index is 674. The third-order valence-corrected chi connectivity index (χ3v) is 4.59. The van der Waals surface area contributed by atoms with Crippen molar-refractivity contribution in [1.82, 2.24) is 4.90 Å². The minimum atomic E-state index is -0.708. The first-order valence-electron chi connectivity index (χ1n) is 8.43. The molecule has 2 aliphatic rings. The highest BCUT2D eigenvalue weighted by Crippen LogP contribution is 2.23. The minimum absolute atomic E-state index is 0.229. The molecule has 0 bridgehead atoms. The number of hydrogen-bond acceptors (Lipinski definition) is 5. The van der Waals surface area contributed by atoms with Gasteiger partial charge in [-0.2, -0.15) is 0 Å². The fourth-order valence-electron chi connectivity index (χ4n) is 3.26. The number of carbonyl (C=O) groups is 2. The molecule has 1 amide bonds. The van der Waals surface area contributed by atoms with E-state index in [-0.39, 0.29) is 11.7 Å². The molecule has 2 aliphatic heterocycles. The Morgan fingerprint density at radius 3 is 2.80 bits per heavy atom. The van der Waals surface area contributed by atoms with Gasteiger partial charge in [-0.25, -0.2) is 9.18 Å². The van der Waals surface area contributed by atoms with Crippen molar-refractivity contribution in [2.24, 2.45) is 5.16 Å². The number of oxime groups is 1. The molecule has 0 N–H and O–H groups in total. The number of likely N-dealkylation sites (tertiary alicyclic amines) is 1. The van der Waals surface area contributed by atoms with E-state index in [2.05, 4.69) is 5.16 Å². The van der Waals surface area contributed by atoms with E-state index in [1.165, 1.54) is 19.2 Å². The minimum Gasteiger partial charge on any atom is -0.467 e. The number of methoxy groups -OCH3 is 1. The van der Waals surface area contributed by atoms with E-state index >= 15 is 0 Å². The summed E-state index contributed by atoms with van der Waals surface area (Å²) in [6, 6.07) is 5.61. The molecule has 7 heteroatoms. The molecule has 0 aromatic heterocycles. The Kier molecular flexibility index (Phi) is 5.31. The summed E-state index contributed by atoms with van der Waals surface area (Å²) in [6.45, 7) is 0.520. The number of rotatable bonds is 4. The quantitative estimate of drug-likeness (QED) is 0.781. The predicted molar refractivity (Wildman–Crippen MR) is 88.4 cm³/mol. The number of nitrogens with zero attached hydrogens (tertiary/aromatic N) is 2. The van der Waals surface area contributed by atoms with Crippen molar-refractivity contribution in [1.29, 1.82) is 0 Å². The standard InChI is InChI=1S/C18H21FN2O4/c1-24-18(23)15-4-2-3-9-21(15)17(22)16-11-14(20-25-16)10-12-5-7-13(19)8-6-12/h5-8,15-16H,2-4,9-11H2,1H3/t15-,16-/m0/s1. The lowest BCUT2D eigenvalue weighted by atomic mass is 9.99. The van der Waals surface area contributed by atoms with Crippen molar-refractivity contribution in [3.63, 3.8) is 0 Å².